The fourth-order valence-corrected chi connectivity index (χ4v) is 2.63. The molecule has 0 fully saturated rings. The smallest absolute Gasteiger partial charge is 0.260 e. The first kappa shape index (κ1) is 11.6. The van der Waals surface area contributed by atoms with Crippen molar-refractivity contribution in [2.45, 2.75) is 11.6 Å². The molecule has 0 atom stereocenters. The van der Waals surface area contributed by atoms with Crippen LogP contribution in [0, 0.1) is 0 Å². The van der Waals surface area contributed by atoms with Crippen LogP contribution in [0.3, 0.4) is 0 Å². The van der Waals surface area contributed by atoms with E-state index in [1.807, 2.05) is 0 Å². The number of imidazole rings is 1. The maximum absolute atomic E-state index is 11.9. The van der Waals surface area contributed by atoms with Gasteiger partial charge >= 0.3 is 0 Å². The van der Waals surface area contributed by atoms with E-state index in [-0.39, 0.29) is 17.4 Å². The maximum atomic E-state index is 11.9. The number of aromatic nitrogens is 4. The quantitative estimate of drug-likeness (QED) is 0.662. The summed E-state index contributed by atoms with van der Waals surface area (Å²) in [5.41, 5.74) is 6.24. The lowest BCUT2D eigenvalue weighted by Gasteiger charge is -2.06. The molecule has 0 amide bonds. The first-order valence-corrected chi connectivity index (χ1v) is 6.23. The average molecular weight is 256 g/mol. The molecule has 0 saturated carbocycles. The van der Waals surface area contributed by atoms with Crippen molar-refractivity contribution >= 4 is 15.8 Å². The lowest BCUT2D eigenvalue weighted by Crippen LogP contribution is -2.25. The zero-order valence-electron chi connectivity index (χ0n) is 9.08. The Kier molecular flexibility index (Phi) is 2.86. The van der Waals surface area contributed by atoms with Crippen molar-refractivity contribution in [2.24, 2.45) is 7.05 Å². The van der Waals surface area contributed by atoms with Gasteiger partial charge in [-0.25, -0.2) is 18.1 Å². The standard InChI is InChI=1S/C8H12N6O2S/c1-14-5-10-7(9)8(14)17(15,16)13-4-6-2-11-12-3-6/h2-3,5,13H,4,9H2,1H3,(H,11,12). The van der Waals surface area contributed by atoms with Crippen LogP contribution in [0.4, 0.5) is 5.82 Å². The molecule has 8 nitrogen and oxygen atoms in total. The van der Waals surface area contributed by atoms with Crippen molar-refractivity contribution < 1.29 is 8.42 Å². The highest BCUT2D eigenvalue weighted by Crippen LogP contribution is 2.15. The highest BCUT2D eigenvalue weighted by atomic mass is 32.2. The van der Waals surface area contributed by atoms with Gasteiger partial charge < -0.3 is 10.3 Å². The Labute approximate surface area is 97.9 Å². The number of aromatic amines is 1. The van der Waals surface area contributed by atoms with Gasteiger partial charge in [0.05, 0.1) is 12.5 Å². The lowest BCUT2D eigenvalue weighted by atomic mass is 10.4. The molecular weight excluding hydrogens is 244 g/mol. The van der Waals surface area contributed by atoms with E-state index in [4.69, 9.17) is 5.73 Å². The molecule has 4 N–H and O–H groups in total. The summed E-state index contributed by atoms with van der Waals surface area (Å²) in [6, 6.07) is 0. The van der Waals surface area contributed by atoms with Crippen molar-refractivity contribution in [1.82, 2.24) is 24.5 Å². The summed E-state index contributed by atoms with van der Waals surface area (Å²) in [4.78, 5) is 3.73. The zero-order chi connectivity index (χ0) is 12.5. The molecule has 9 heteroatoms. The van der Waals surface area contributed by atoms with Crippen molar-refractivity contribution in [1.29, 1.82) is 0 Å². The van der Waals surface area contributed by atoms with Crippen LogP contribution in [0.5, 0.6) is 0 Å². The normalized spacial score (nSPS) is 11.8. The number of anilines is 1. The van der Waals surface area contributed by atoms with Crippen LogP contribution >= 0.6 is 0 Å². The number of nitrogens with two attached hydrogens (primary N) is 1. The summed E-state index contributed by atoms with van der Waals surface area (Å²) < 4.78 is 27.7. The van der Waals surface area contributed by atoms with E-state index in [0.29, 0.717) is 0 Å². The number of sulfonamides is 1. The summed E-state index contributed by atoms with van der Waals surface area (Å²) >= 11 is 0. The number of hydrogen-bond donors (Lipinski definition) is 3. The molecule has 0 bridgehead atoms. The van der Waals surface area contributed by atoms with Gasteiger partial charge in [-0.3, -0.25) is 5.10 Å². The Morgan fingerprint density at radius 3 is 2.88 bits per heavy atom. The molecule has 0 unspecified atom stereocenters. The molecule has 0 aliphatic carbocycles. The number of rotatable bonds is 4. The molecular formula is C8H12N6O2S. The highest BCUT2D eigenvalue weighted by molar-refractivity contribution is 7.89. The van der Waals surface area contributed by atoms with E-state index in [9.17, 15) is 8.42 Å². The second-order valence-electron chi connectivity index (χ2n) is 3.48. The second-order valence-corrected chi connectivity index (χ2v) is 5.16. The summed E-state index contributed by atoms with van der Waals surface area (Å²) in [6.07, 6.45) is 4.49. The fourth-order valence-electron chi connectivity index (χ4n) is 1.39. The number of nitrogens with zero attached hydrogens (tertiary/aromatic N) is 3. The molecule has 2 aromatic heterocycles. The number of H-pyrrole nitrogens is 1. The third-order valence-electron chi connectivity index (χ3n) is 2.19. The minimum Gasteiger partial charge on any atom is -0.381 e. The first-order valence-electron chi connectivity index (χ1n) is 4.75. The predicted molar refractivity (Wildman–Crippen MR) is 60.2 cm³/mol. The van der Waals surface area contributed by atoms with Gasteiger partial charge in [-0.05, 0) is 0 Å². The molecule has 92 valence electrons. The summed E-state index contributed by atoms with van der Waals surface area (Å²) in [5.74, 6) is -0.0211. The zero-order valence-corrected chi connectivity index (χ0v) is 9.90. The van der Waals surface area contributed by atoms with Gasteiger partial charge in [-0.1, -0.05) is 0 Å². The summed E-state index contributed by atoms with van der Waals surface area (Å²) in [5, 5.41) is 6.27. The van der Waals surface area contributed by atoms with E-state index >= 15 is 0 Å². The largest absolute Gasteiger partial charge is 0.381 e. The van der Waals surface area contributed by atoms with E-state index in [2.05, 4.69) is 19.9 Å². The second kappa shape index (κ2) is 4.18. The lowest BCUT2D eigenvalue weighted by molar-refractivity contribution is 0.571. The third kappa shape index (κ3) is 2.29. The van der Waals surface area contributed by atoms with E-state index < -0.39 is 10.0 Å². The molecule has 0 aliphatic rings. The van der Waals surface area contributed by atoms with Crippen LogP contribution in [0.25, 0.3) is 0 Å². The Morgan fingerprint density at radius 2 is 2.35 bits per heavy atom. The number of nitrogen functional groups attached to an aromatic ring is 1. The Bertz CT molecular complexity index is 581. The van der Waals surface area contributed by atoms with Crippen LogP contribution in [-0.4, -0.2) is 28.2 Å². The number of hydrogen-bond acceptors (Lipinski definition) is 5. The van der Waals surface area contributed by atoms with Crippen LogP contribution in [0.2, 0.25) is 0 Å². The Balaban J connectivity index is 2.20. The average Bonchev–Trinajstić information content (AvgIpc) is 2.86. The molecule has 0 aromatic carbocycles. The molecule has 0 aliphatic heterocycles. The third-order valence-corrected chi connectivity index (χ3v) is 3.72. The molecule has 2 rings (SSSR count). The molecule has 2 aromatic rings. The Hall–Kier alpha value is -1.87. The van der Waals surface area contributed by atoms with Crippen molar-refractivity contribution in [2.75, 3.05) is 5.73 Å². The van der Waals surface area contributed by atoms with Crippen LogP contribution in [-0.2, 0) is 23.6 Å². The SMILES string of the molecule is Cn1cnc(N)c1S(=O)(=O)NCc1cn[nH]c1. The topological polar surface area (TPSA) is 119 Å². The van der Waals surface area contributed by atoms with Crippen molar-refractivity contribution in [3.05, 3.63) is 24.3 Å². The number of aryl methyl sites for hydroxylation is 1. The molecule has 0 radical (unpaired) electrons. The molecule has 2 heterocycles. The summed E-state index contributed by atoms with van der Waals surface area (Å²) in [6.45, 7) is 0.142. The van der Waals surface area contributed by atoms with Crippen LogP contribution in [0.1, 0.15) is 5.56 Å². The monoisotopic (exact) mass is 256 g/mol. The van der Waals surface area contributed by atoms with Gasteiger partial charge in [0.15, 0.2) is 10.8 Å². The van der Waals surface area contributed by atoms with Crippen LogP contribution < -0.4 is 10.5 Å². The minimum atomic E-state index is -3.67. The molecule has 0 spiro atoms. The first-order chi connectivity index (χ1) is 8.00. The highest BCUT2D eigenvalue weighted by Gasteiger charge is 2.21. The van der Waals surface area contributed by atoms with Gasteiger partial charge in [-0.15, -0.1) is 0 Å². The van der Waals surface area contributed by atoms with Crippen LogP contribution in [0.15, 0.2) is 23.7 Å². The minimum absolute atomic E-state index is 0.0211. The van der Waals surface area contributed by atoms with Gasteiger partial charge in [0.2, 0.25) is 0 Å². The van der Waals surface area contributed by atoms with E-state index in [1.54, 1.807) is 13.2 Å². The van der Waals surface area contributed by atoms with Crippen molar-refractivity contribution in [3.8, 4) is 0 Å². The molecule has 17 heavy (non-hydrogen) atoms. The number of nitrogens with one attached hydrogen (secondary N) is 2. The van der Waals surface area contributed by atoms with Gasteiger partial charge in [0.25, 0.3) is 10.0 Å². The van der Waals surface area contributed by atoms with E-state index in [0.717, 1.165) is 5.56 Å². The predicted octanol–water partition coefficient (Wildman–Crippen LogP) is -0.796. The van der Waals surface area contributed by atoms with Gasteiger partial charge in [-0.2, -0.15) is 5.10 Å². The fraction of sp³-hybridized carbons (Fsp3) is 0.250. The van der Waals surface area contributed by atoms with Crippen molar-refractivity contribution in [3.63, 3.8) is 0 Å². The summed E-state index contributed by atoms with van der Waals surface area (Å²) in [7, 11) is -2.11. The Morgan fingerprint density at radius 1 is 1.59 bits per heavy atom. The van der Waals surface area contributed by atoms with E-state index in [1.165, 1.54) is 17.1 Å². The van der Waals surface area contributed by atoms with Gasteiger partial charge in [0.1, 0.15) is 0 Å². The van der Waals surface area contributed by atoms with Gasteiger partial charge in [0, 0.05) is 25.4 Å². The molecule has 0 saturated heterocycles. The maximum Gasteiger partial charge on any atom is 0.260 e.